The van der Waals surface area contributed by atoms with E-state index >= 15 is 0 Å². The number of amides is 1. The van der Waals surface area contributed by atoms with Crippen molar-refractivity contribution in [3.63, 3.8) is 0 Å². The van der Waals surface area contributed by atoms with Crippen LogP contribution >= 0.6 is 23.2 Å². The molecule has 0 radical (unpaired) electrons. The first-order valence-corrected chi connectivity index (χ1v) is 15.0. The van der Waals surface area contributed by atoms with E-state index in [0.717, 1.165) is 22.6 Å². The Morgan fingerprint density at radius 2 is 1.62 bits per heavy atom. The second-order valence-corrected chi connectivity index (χ2v) is 10.1. The van der Waals surface area contributed by atoms with Crippen LogP contribution in [0.5, 0.6) is 11.5 Å². The molecule has 1 aliphatic heterocycles. The lowest BCUT2D eigenvalue weighted by Crippen LogP contribution is -2.54. The number of halogens is 2. The van der Waals surface area contributed by atoms with Crippen LogP contribution in [0.25, 0.3) is 0 Å². The van der Waals surface area contributed by atoms with Gasteiger partial charge in [-0.1, -0.05) is 86.4 Å². The summed E-state index contributed by atoms with van der Waals surface area (Å²) in [4.78, 5) is 15.3. The maximum absolute atomic E-state index is 13.4. The number of ether oxygens (including phenoxy) is 4. The van der Waals surface area contributed by atoms with Crippen molar-refractivity contribution in [3.05, 3.63) is 107 Å². The van der Waals surface area contributed by atoms with Crippen molar-refractivity contribution >= 4 is 29.1 Å². The number of nitrogens with zero attached hydrogens (tertiary/aromatic N) is 1. The van der Waals surface area contributed by atoms with Gasteiger partial charge in [0.25, 0.3) is 5.91 Å². The van der Waals surface area contributed by atoms with Crippen molar-refractivity contribution in [2.24, 2.45) is 0 Å². The normalized spacial score (nSPS) is 16.7. The molecule has 1 aliphatic rings. The predicted molar refractivity (Wildman–Crippen MR) is 172 cm³/mol. The van der Waals surface area contributed by atoms with Crippen LogP contribution in [0.4, 0.5) is 0 Å². The lowest BCUT2D eigenvalue weighted by atomic mass is 9.99. The van der Waals surface area contributed by atoms with Gasteiger partial charge in [-0.25, -0.2) is 0 Å². The van der Waals surface area contributed by atoms with Gasteiger partial charge in [0.1, 0.15) is 6.10 Å². The van der Waals surface area contributed by atoms with E-state index in [9.17, 15) is 4.79 Å². The molecule has 0 bridgehead atoms. The highest BCUT2D eigenvalue weighted by molar-refractivity contribution is 6.30. The molecule has 1 heterocycles. The molecule has 3 aromatic rings. The lowest BCUT2D eigenvalue weighted by molar-refractivity contribution is -0.166. The zero-order chi connectivity index (χ0) is 30.9. The molecular formula is C34H43Cl2NO5. The first kappa shape index (κ1) is 35.2. The summed E-state index contributed by atoms with van der Waals surface area (Å²) in [6, 6.07) is 22.4. The quantitative estimate of drug-likeness (QED) is 0.202. The van der Waals surface area contributed by atoms with E-state index in [1.807, 2.05) is 91.5 Å². The van der Waals surface area contributed by atoms with Gasteiger partial charge in [0.15, 0.2) is 11.5 Å². The number of morpholine rings is 1. The van der Waals surface area contributed by atoms with E-state index in [1.165, 1.54) is 0 Å². The average molecular weight is 617 g/mol. The van der Waals surface area contributed by atoms with Gasteiger partial charge in [-0.15, -0.1) is 6.58 Å². The summed E-state index contributed by atoms with van der Waals surface area (Å²) in [5.74, 6) is 1.29. The minimum absolute atomic E-state index is 0.0392. The zero-order valence-electron chi connectivity index (χ0n) is 25.2. The van der Waals surface area contributed by atoms with Crippen LogP contribution < -0.4 is 9.47 Å². The molecule has 0 N–H and O–H groups in total. The van der Waals surface area contributed by atoms with Crippen LogP contribution in [0.2, 0.25) is 10.0 Å². The Balaban J connectivity index is 0.000000590. The molecular weight excluding hydrogens is 573 g/mol. The molecule has 42 heavy (non-hydrogen) atoms. The number of benzene rings is 3. The summed E-state index contributed by atoms with van der Waals surface area (Å²) in [6.07, 6.45) is 2.43. The maximum Gasteiger partial charge on any atom is 0.252 e. The highest BCUT2D eigenvalue weighted by Crippen LogP contribution is 2.32. The molecule has 6 nitrogen and oxygen atoms in total. The molecule has 0 spiro atoms. The standard InChI is InChI=1S/C26H32ClNO5.C6H5Cl.C2H6/c1-5-7-24-26(29)28(22(17-33-24)19-9-11-20(27)12-10-19)21(6-2)16-32-15-18-8-13-23(30-3)25(14-18)31-4;7-6-4-2-1-3-5-6;1-2/h5,8-14,21-22,24H,1,6-7,15-17H2,2-4H3;1-5H;1-2H3/t21-,22-,24+;;/m0../s1. The van der Waals surface area contributed by atoms with Crippen LogP contribution in [-0.2, 0) is 20.9 Å². The summed E-state index contributed by atoms with van der Waals surface area (Å²) in [5, 5.41) is 1.45. The van der Waals surface area contributed by atoms with Gasteiger partial charge in [0.2, 0.25) is 0 Å². The molecule has 1 fully saturated rings. The number of methoxy groups -OCH3 is 2. The molecule has 4 rings (SSSR count). The smallest absolute Gasteiger partial charge is 0.252 e. The lowest BCUT2D eigenvalue weighted by Gasteiger charge is -2.43. The molecule has 0 saturated carbocycles. The van der Waals surface area contributed by atoms with Crippen LogP contribution in [0.15, 0.2) is 85.5 Å². The van der Waals surface area contributed by atoms with Gasteiger partial charge in [0, 0.05) is 16.5 Å². The third kappa shape index (κ3) is 10.4. The third-order valence-electron chi connectivity index (χ3n) is 6.58. The minimum Gasteiger partial charge on any atom is -0.493 e. The first-order valence-electron chi connectivity index (χ1n) is 14.2. The van der Waals surface area contributed by atoms with Crippen molar-refractivity contribution in [3.8, 4) is 11.5 Å². The van der Waals surface area contributed by atoms with Crippen molar-refractivity contribution in [1.29, 1.82) is 0 Å². The minimum atomic E-state index is -0.522. The van der Waals surface area contributed by atoms with E-state index in [0.29, 0.717) is 42.8 Å². The number of hydrogen-bond acceptors (Lipinski definition) is 5. The monoisotopic (exact) mass is 615 g/mol. The van der Waals surface area contributed by atoms with Gasteiger partial charge in [-0.2, -0.15) is 0 Å². The number of hydrogen-bond donors (Lipinski definition) is 0. The Labute approximate surface area is 261 Å². The summed E-state index contributed by atoms with van der Waals surface area (Å²) in [5.41, 5.74) is 1.96. The van der Waals surface area contributed by atoms with Gasteiger partial charge in [0.05, 0.1) is 46.1 Å². The van der Waals surface area contributed by atoms with E-state index in [4.69, 9.17) is 42.1 Å². The van der Waals surface area contributed by atoms with Crippen molar-refractivity contribution < 1.29 is 23.7 Å². The van der Waals surface area contributed by atoms with Crippen LogP contribution in [0.3, 0.4) is 0 Å². The fourth-order valence-electron chi connectivity index (χ4n) is 4.47. The molecule has 3 aromatic carbocycles. The second-order valence-electron chi connectivity index (χ2n) is 9.22. The molecule has 0 unspecified atom stereocenters. The van der Waals surface area contributed by atoms with Crippen LogP contribution in [0.1, 0.15) is 50.8 Å². The predicted octanol–water partition coefficient (Wildman–Crippen LogP) is 8.56. The average Bonchev–Trinajstić information content (AvgIpc) is 3.02. The molecule has 1 saturated heterocycles. The second kappa shape index (κ2) is 19.2. The molecule has 0 aliphatic carbocycles. The first-order chi connectivity index (χ1) is 20.4. The fourth-order valence-corrected chi connectivity index (χ4v) is 4.74. The highest BCUT2D eigenvalue weighted by atomic mass is 35.5. The fraction of sp³-hybridized carbons (Fsp3) is 0.382. The van der Waals surface area contributed by atoms with Crippen molar-refractivity contribution in [1.82, 2.24) is 4.90 Å². The van der Waals surface area contributed by atoms with E-state index in [-0.39, 0.29) is 18.0 Å². The topological polar surface area (TPSA) is 57.2 Å². The largest absolute Gasteiger partial charge is 0.493 e. The highest BCUT2D eigenvalue weighted by Gasteiger charge is 2.39. The molecule has 3 atom stereocenters. The molecule has 8 heteroatoms. The maximum atomic E-state index is 13.4. The summed E-state index contributed by atoms with van der Waals surface area (Å²) >= 11 is 11.6. The Morgan fingerprint density at radius 3 is 2.17 bits per heavy atom. The van der Waals surface area contributed by atoms with Gasteiger partial charge < -0.3 is 23.8 Å². The van der Waals surface area contributed by atoms with Gasteiger partial charge in [-0.05, 0) is 53.9 Å². The number of rotatable bonds is 11. The summed E-state index contributed by atoms with van der Waals surface area (Å²) < 4.78 is 22.7. The van der Waals surface area contributed by atoms with Crippen molar-refractivity contribution in [2.75, 3.05) is 27.4 Å². The summed E-state index contributed by atoms with van der Waals surface area (Å²) in [7, 11) is 3.21. The van der Waals surface area contributed by atoms with E-state index < -0.39 is 6.10 Å². The Hall–Kier alpha value is -3.03. The molecule has 228 valence electrons. The van der Waals surface area contributed by atoms with Gasteiger partial charge >= 0.3 is 0 Å². The SMILES string of the molecule is C=CC[C@H]1OC[C@@H](c2ccc(Cl)cc2)N([C@@H](CC)COCc2ccc(OC)c(OC)c2)C1=O.CC.Clc1ccccc1. The van der Waals surface area contributed by atoms with Crippen LogP contribution in [-0.4, -0.2) is 50.4 Å². The third-order valence-corrected chi connectivity index (χ3v) is 7.09. The summed E-state index contributed by atoms with van der Waals surface area (Å²) in [6.45, 7) is 11.0. The Morgan fingerprint density at radius 1 is 0.976 bits per heavy atom. The van der Waals surface area contributed by atoms with Crippen molar-refractivity contribution in [2.45, 2.75) is 58.4 Å². The van der Waals surface area contributed by atoms with Gasteiger partial charge in [-0.3, -0.25) is 4.79 Å². The zero-order valence-corrected chi connectivity index (χ0v) is 26.7. The number of carbonyl (C=O) groups is 1. The van der Waals surface area contributed by atoms with Crippen LogP contribution in [0, 0.1) is 0 Å². The number of carbonyl (C=O) groups excluding carboxylic acids is 1. The molecule has 1 amide bonds. The molecule has 0 aromatic heterocycles. The van der Waals surface area contributed by atoms with E-state index in [1.54, 1.807) is 20.3 Å². The van der Waals surface area contributed by atoms with E-state index in [2.05, 4.69) is 13.5 Å². The Kier molecular flexibility index (Phi) is 16.1. The Bertz CT molecular complexity index is 1210.